The highest BCUT2D eigenvalue weighted by Crippen LogP contribution is 2.31. The minimum Gasteiger partial charge on any atom is -0.387 e. The van der Waals surface area contributed by atoms with Crippen LogP contribution in [0.1, 0.15) is 23.0 Å². The monoisotopic (exact) mass is 421 g/mol. The second-order valence-corrected chi connectivity index (χ2v) is 7.61. The van der Waals surface area contributed by atoms with Crippen LogP contribution < -0.4 is 16.0 Å². The zero-order valence-electron chi connectivity index (χ0n) is 16.6. The number of amides is 2. The van der Waals surface area contributed by atoms with E-state index in [0.717, 1.165) is 26.7 Å². The first-order valence-electron chi connectivity index (χ1n) is 9.11. The normalized spacial score (nSPS) is 10.8. The lowest BCUT2D eigenvalue weighted by atomic mass is 10.2. The lowest BCUT2D eigenvalue weighted by Gasteiger charge is -2.09. The summed E-state index contributed by atoms with van der Waals surface area (Å²) in [6, 6.07) is 5.46. The first-order valence-corrected chi connectivity index (χ1v) is 9.93. The van der Waals surface area contributed by atoms with Gasteiger partial charge in [0.1, 0.15) is 10.6 Å². The van der Waals surface area contributed by atoms with Crippen LogP contribution in [0.3, 0.4) is 0 Å². The molecular weight excluding hydrogens is 402 g/mol. The Morgan fingerprint density at radius 2 is 1.97 bits per heavy atom. The first-order chi connectivity index (χ1) is 14.4. The quantitative estimate of drug-likeness (QED) is 0.455. The molecule has 4 aromatic rings. The number of carbonyl (C=O) groups excluding carboxylic acids is 2. The molecule has 2 amide bonds. The second-order valence-electron chi connectivity index (χ2n) is 6.58. The fourth-order valence-electron chi connectivity index (χ4n) is 2.89. The molecule has 0 saturated heterocycles. The van der Waals surface area contributed by atoms with E-state index in [4.69, 9.17) is 0 Å². The summed E-state index contributed by atoms with van der Waals surface area (Å²) < 4.78 is 1.67. The number of aromatic nitrogens is 4. The third-order valence-corrected chi connectivity index (χ3v) is 5.57. The van der Waals surface area contributed by atoms with Gasteiger partial charge in [-0.3, -0.25) is 14.6 Å². The van der Waals surface area contributed by atoms with Gasteiger partial charge < -0.3 is 16.0 Å². The zero-order chi connectivity index (χ0) is 21.3. The average molecular weight is 421 g/mol. The fraction of sp³-hybridized carbons (Fsp3) is 0.150. The molecule has 0 unspecified atom stereocenters. The highest BCUT2D eigenvalue weighted by Gasteiger charge is 2.18. The summed E-state index contributed by atoms with van der Waals surface area (Å²) >= 11 is 1.43. The lowest BCUT2D eigenvalue weighted by Crippen LogP contribution is -2.13. The van der Waals surface area contributed by atoms with E-state index in [0.29, 0.717) is 17.1 Å². The SMILES string of the molecule is CNc1cnc(C)c(NC(=O)c2cnn3cc(-c4ccnc(NC(C)=O)c4)sc23)c1. The minimum absolute atomic E-state index is 0.188. The maximum atomic E-state index is 12.9. The van der Waals surface area contributed by atoms with Gasteiger partial charge in [0.25, 0.3) is 5.91 Å². The van der Waals surface area contributed by atoms with Gasteiger partial charge in [-0.25, -0.2) is 9.50 Å². The number of anilines is 3. The van der Waals surface area contributed by atoms with Crippen molar-refractivity contribution in [2.45, 2.75) is 13.8 Å². The van der Waals surface area contributed by atoms with E-state index >= 15 is 0 Å². The summed E-state index contributed by atoms with van der Waals surface area (Å²) in [6.07, 6.45) is 6.73. The summed E-state index contributed by atoms with van der Waals surface area (Å²) in [4.78, 5) is 34.2. The lowest BCUT2D eigenvalue weighted by molar-refractivity contribution is -0.114. The Labute approximate surface area is 176 Å². The Bertz CT molecular complexity index is 1260. The molecule has 152 valence electrons. The van der Waals surface area contributed by atoms with Crippen LogP contribution >= 0.6 is 11.3 Å². The van der Waals surface area contributed by atoms with Gasteiger partial charge in [0, 0.05) is 26.4 Å². The minimum atomic E-state index is -0.259. The number of thiazole rings is 1. The summed E-state index contributed by atoms with van der Waals surface area (Å²) in [5.74, 6) is 0.0216. The third-order valence-electron chi connectivity index (χ3n) is 4.41. The second kappa shape index (κ2) is 7.91. The highest BCUT2D eigenvalue weighted by atomic mass is 32.1. The van der Waals surface area contributed by atoms with Gasteiger partial charge in [0.2, 0.25) is 5.91 Å². The average Bonchev–Trinajstić information content (AvgIpc) is 3.30. The molecule has 10 heteroatoms. The van der Waals surface area contributed by atoms with Crippen LogP contribution in [0.4, 0.5) is 17.2 Å². The predicted octanol–water partition coefficient (Wildman–Crippen LogP) is 3.41. The molecule has 0 aliphatic heterocycles. The Morgan fingerprint density at radius 3 is 2.73 bits per heavy atom. The summed E-state index contributed by atoms with van der Waals surface area (Å²) in [6.45, 7) is 3.27. The predicted molar refractivity (Wildman–Crippen MR) is 117 cm³/mol. The summed E-state index contributed by atoms with van der Waals surface area (Å²) in [5.41, 5.74) is 3.51. The van der Waals surface area contributed by atoms with Crippen molar-refractivity contribution in [3.8, 4) is 10.4 Å². The van der Waals surface area contributed by atoms with Gasteiger partial charge >= 0.3 is 0 Å². The smallest absolute Gasteiger partial charge is 0.260 e. The molecule has 0 saturated carbocycles. The fourth-order valence-corrected chi connectivity index (χ4v) is 3.95. The van der Waals surface area contributed by atoms with Crippen LogP contribution in [0.2, 0.25) is 0 Å². The molecular formula is C20H19N7O2S. The Balaban J connectivity index is 1.64. The number of nitrogens with zero attached hydrogens (tertiary/aromatic N) is 4. The number of pyridine rings is 2. The standard InChI is InChI=1S/C20H19N7O2S/c1-11-16(7-14(21-3)8-23-11)26-19(29)15-9-24-27-10-17(30-20(15)27)13-4-5-22-18(6-13)25-12(2)28/h4-10,21H,1-3H3,(H,26,29)(H,22,25,28). The molecule has 4 rings (SSSR count). The van der Waals surface area contributed by atoms with E-state index in [1.807, 2.05) is 25.3 Å². The Hall–Kier alpha value is -3.79. The number of rotatable bonds is 5. The molecule has 0 aliphatic carbocycles. The van der Waals surface area contributed by atoms with E-state index in [-0.39, 0.29) is 11.8 Å². The van der Waals surface area contributed by atoms with Gasteiger partial charge in [-0.05, 0) is 30.7 Å². The molecule has 0 spiro atoms. The van der Waals surface area contributed by atoms with Gasteiger partial charge in [-0.15, -0.1) is 11.3 Å². The topological polar surface area (TPSA) is 113 Å². The molecule has 30 heavy (non-hydrogen) atoms. The van der Waals surface area contributed by atoms with E-state index < -0.39 is 0 Å². The molecule has 9 nitrogen and oxygen atoms in total. The molecule has 0 aromatic carbocycles. The maximum Gasteiger partial charge on any atom is 0.260 e. The van der Waals surface area contributed by atoms with Crippen molar-refractivity contribution in [1.29, 1.82) is 0 Å². The number of hydrogen-bond acceptors (Lipinski definition) is 7. The van der Waals surface area contributed by atoms with E-state index in [1.165, 1.54) is 18.3 Å². The van der Waals surface area contributed by atoms with Crippen LogP contribution in [0, 0.1) is 6.92 Å². The van der Waals surface area contributed by atoms with Crippen molar-refractivity contribution in [1.82, 2.24) is 19.6 Å². The van der Waals surface area contributed by atoms with E-state index in [1.54, 1.807) is 36.2 Å². The number of hydrogen-bond donors (Lipinski definition) is 3. The molecule has 4 heterocycles. The number of fused-ring (bicyclic) bond motifs is 1. The maximum absolute atomic E-state index is 12.9. The van der Waals surface area contributed by atoms with Gasteiger partial charge in [0.15, 0.2) is 0 Å². The first kappa shape index (κ1) is 19.5. The number of carbonyl (C=O) groups is 2. The van der Waals surface area contributed by atoms with Crippen LogP contribution in [-0.4, -0.2) is 38.4 Å². The molecule has 0 fully saturated rings. The van der Waals surface area contributed by atoms with E-state index in [2.05, 4.69) is 31.0 Å². The molecule has 0 bridgehead atoms. The van der Waals surface area contributed by atoms with Crippen molar-refractivity contribution in [3.05, 3.63) is 54.2 Å². The Morgan fingerprint density at radius 1 is 1.13 bits per heavy atom. The van der Waals surface area contributed by atoms with Crippen molar-refractivity contribution < 1.29 is 9.59 Å². The molecule has 0 atom stereocenters. The molecule has 0 radical (unpaired) electrons. The summed E-state index contributed by atoms with van der Waals surface area (Å²) in [7, 11) is 1.79. The molecule has 3 N–H and O–H groups in total. The Kier molecular flexibility index (Phi) is 5.15. The zero-order valence-corrected chi connectivity index (χ0v) is 17.4. The molecule has 0 aliphatic rings. The van der Waals surface area contributed by atoms with Crippen LogP contribution in [0.25, 0.3) is 15.3 Å². The van der Waals surface area contributed by atoms with E-state index in [9.17, 15) is 9.59 Å². The summed E-state index contributed by atoms with van der Waals surface area (Å²) in [5, 5.41) is 12.9. The largest absolute Gasteiger partial charge is 0.387 e. The third kappa shape index (κ3) is 3.85. The van der Waals surface area contributed by atoms with Crippen LogP contribution in [0.15, 0.2) is 43.0 Å². The number of nitrogens with one attached hydrogen (secondary N) is 3. The van der Waals surface area contributed by atoms with Crippen molar-refractivity contribution in [2.24, 2.45) is 0 Å². The van der Waals surface area contributed by atoms with Crippen LogP contribution in [0.5, 0.6) is 0 Å². The highest BCUT2D eigenvalue weighted by molar-refractivity contribution is 7.21. The number of aryl methyl sites for hydroxylation is 1. The van der Waals surface area contributed by atoms with Gasteiger partial charge in [-0.2, -0.15) is 5.10 Å². The van der Waals surface area contributed by atoms with Crippen molar-refractivity contribution in [2.75, 3.05) is 23.0 Å². The van der Waals surface area contributed by atoms with Crippen molar-refractivity contribution in [3.63, 3.8) is 0 Å². The van der Waals surface area contributed by atoms with Gasteiger partial charge in [0.05, 0.1) is 39.9 Å². The van der Waals surface area contributed by atoms with Gasteiger partial charge in [-0.1, -0.05) is 0 Å². The molecule has 4 aromatic heterocycles. The van der Waals surface area contributed by atoms with Crippen molar-refractivity contribution >= 4 is 45.2 Å². The van der Waals surface area contributed by atoms with Crippen LogP contribution in [-0.2, 0) is 4.79 Å².